The highest BCUT2D eigenvalue weighted by molar-refractivity contribution is 5.82. The first-order chi connectivity index (χ1) is 7.72. The van der Waals surface area contributed by atoms with Crippen molar-refractivity contribution < 1.29 is 19.0 Å². The second kappa shape index (κ2) is 6.50. The van der Waals surface area contributed by atoms with E-state index in [0.29, 0.717) is 0 Å². The van der Waals surface area contributed by atoms with Crippen molar-refractivity contribution in [3.05, 3.63) is 11.8 Å². The van der Waals surface area contributed by atoms with Gasteiger partial charge >= 0.3 is 5.97 Å². The summed E-state index contributed by atoms with van der Waals surface area (Å²) in [6, 6.07) is 0. The number of rotatable bonds is 5. The largest absolute Gasteiger partial charge is 0.466 e. The van der Waals surface area contributed by atoms with Crippen molar-refractivity contribution in [3.8, 4) is 0 Å². The molecule has 0 spiro atoms. The van der Waals surface area contributed by atoms with E-state index in [9.17, 15) is 4.79 Å². The third-order valence-corrected chi connectivity index (χ3v) is 2.61. The fraction of sp³-hybridized carbons (Fsp3) is 0.727. The van der Waals surface area contributed by atoms with Crippen LogP contribution in [0.3, 0.4) is 0 Å². The Bertz CT molecular complexity index is 251. The lowest BCUT2D eigenvalue weighted by molar-refractivity contribution is -0.135. The van der Waals surface area contributed by atoms with Gasteiger partial charge in [-0.05, 0) is 12.8 Å². The zero-order valence-corrected chi connectivity index (χ0v) is 10.1. The normalized spacial score (nSPS) is 17.0. The summed E-state index contributed by atoms with van der Waals surface area (Å²) in [6.45, 7) is 1.85. The Labute approximate surface area is 96.0 Å². The molecule has 0 aromatic carbocycles. The van der Waals surface area contributed by atoms with E-state index in [1.165, 1.54) is 13.2 Å². The summed E-state index contributed by atoms with van der Waals surface area (Å²) >= 11 is 0. The van der Waals surface area contributed by atoms with Crippen LogP contribution in [-0.2, 0) is 19.0 Å². The van der Waals surface area contributed by atoms with E-state index in [1.54, 1.807) is 14.2 Å². The minimum Gasteiger partial charge on any atom is -0.466 e. The molecule has 0 N–H and O–H groups in total. The molecule has 0 radical (unpaired) electrons. The topological polar surface area (TPSA) is 48.0 Å². The number of carbonyl (C=O) groups is 1. The lowest BCUT2D eigenvalue weighted by atomic mass is 10.3. The molecule has 0 atom stereocenters. The van der Waals surface area contributed by atoms with Crippen LogP contribution in [0.5, 0.6) is 0 Å². The van der Waals surface area contributed by atoms with E-state index in [2.05, 4.69) is 9.64 Å². The Balaban J connectivity index is 2.82. The number of hydrogen-bond donors (Lipinski definition) is 0. The molecule has 0 aromatic rings. The average molecular weight is 229 g/mol. The van der Waals surface area contributed by atoms with E-state index >= 15 is 0 Å². The first kappa shape index (κ1) is 13.0. The van der Waals surface area contributed by atoms with E-state index < -0.39 is 6.29 Å². The van der Waals surface area contributed by atoms with Gasteiger partial charge in [0.15, 0.2) is 6.29 Å². The third kappa shape index (κ3) is 3.21. The maximum absolute atomic E-state index is 11.3. The molecule has 1 heterocycles. The van der Waals surface area contributed by atoms with Crippen LogP contribution in [0.2, 0.25) is 0 Å². The van der Waals surface area contributed by atoms with Gasteiger partial charge in [0.25, 0.3) is 0 Å². The van der Waals surface area contributed by atoms with Crippen LogP contribution in [0.25, 0.3) is 0 Å². The van der Waals surface area contributed by atoms with Crippen molar-refractivity contribution in [2.75, 3.05) is 34.4 Å². The summed E-state index contributed by atoms with van der Waals surface area (Å²) in [5, 5.41) is 0. The molecule has 1 aliphatic heterocycles. The molecular weight excluding hydrogens is 210 g/mol. The van der Waals surface area contributed by atoms with Gasteiger partial charge in [0.05, 0.1) is 12.8 Å². The lowest BCUT2D eigenvalue weighted by Crippen LogP contribution is -2.31. The van der Waals surface area contributed by atoms with Crippen LogP contribution < -0.4 is 0 Å². The van der Waals surface area contributed by atoms with E-state index in [-0.39, 0.29) is 5.97 Å². The maximum atomic E-state index is 11.3. The molecule has 0 unspecified atom stereocenters. The average Bonchev–Trinajstić information content (AvgIpc) is 2.82. The number of hydrogen-bond acceptors (Lipinski definition) is 5. The molecule has 1 aliphatic rings. The molecule has 0 saturated carbocycles. The minimum atomic E-state index is -0.516. The van der Waals surface area contributed by atoms with Crippen molar-refractivity contribution in [2.24, 2.45) is 0 Å². The van der Waals surface area contributed by atoms with Gasteiger partial charge in [0.2, 0.25) is 0 Å². The van der Waals surface area contributed by atoms with Crippen LogP contribution in [0.15, 0.2) is 11.8 Å². The van der Waals surface area contributed by atoms with Gasteiger partial charge in [-0.3, -0.25) is 0 Å². The summed E-state index contributed by atoms with van der Waals surface area (Å²) in [4.78, 5) is 13.4. The van der Waals surface area contributed by atoms with Gasteiger partial charge < -0.3 is 19.1 Å². The number of ether oxygens (including phenoxy) is 3. The zero-order valence-electron chi connectivity index (χ0n) is 10.1. The Hall–Kier alpha value is -1.07. The minimum absolute atomic E-state index is 0.388. The van der Waals surface area contributed by atoms with Crippen LogP contribution in [0.4, 0.5) is 0 Å². The molecule has 92 valence electrons. The number of carbonyl (C=O) groups excluding carboxylic acids is 1. The van der Waals surface area contributed by atoms with Gasteiger partial charge in [-0.15, -0.1) is 0 Å². The monoisotopic (exact) mass is 229 g/mol. The summed E-state index contributed by atoms with van der Waals surface area (Å²) in [5.74, 6) is -0.388. The van der Waals surface area contributed by atoms with Gasteiger partial charge in [-0.1, -0.05) is 0 Å². The van der Waals surface area contributed by atoms with Gasteiger partial charge in [0.1, 0.15) is 0 Å². The summed E-state index contributed by atoms with van der Waals surface area (Å²) in [5.41, 5.74) is 0.731. The van der Waals surface area contributed by atoms with Crippen molar-refractivity contribution in [3.63, 3.8) is 0 Å². The second-order valence-corrected chi connectivity index (χ2v) is 3.59. The lowest BCUT2D eigenvalue weighted by Gasteiger charge is -2.26. The Morgan fingerprint density at radius 1 is 1.19 bits per heavy atom. The summed E-state index contributed by atoms with van der Waals surface area (Å²) in [7, 11) is 4.46. The predicted octanol–water partition coefficient (Wildman–Crippen LogP) is 0.758. The van der Waals surface area contributed by atoms with Crippen molar-refractivity contribution in [1.29, 1.82) is 0 Å². The molecular formula is C11H19NO4. The molecule has 0 bridgehead atoms. The Kier molecular flexibility index (Phi) is 5.28. The summed E-state index contributed by atoms with van der Waals surface area (Å²) in [6.07, 6.45) is 3.16. The SMILES string of the molecule is COC(=O)/C=C(\C(OC)OC)N1CCCC1. The highest BCUT2D eigenvalue weighted by Gasteiger charge is 2.23. The quantitative estimate of drug-likeness (QED) is 0.396. The number of esters is 1. The molecule has 1 rings (SSSR count). The number of nitrogens with zero attached hydrogens (tertiary/aromatic N) is 1. The molecule has 0 aromatic heterocycles. The Morgan fingerprint density at radius 3 is 2.19 bits per heavy atom. The van der Waals surface area contributed by atoms with E-state index in [4.69, 9.17) is 9.47 Å². The highest BCUT2D eigenvalue weighted by atomic mass is 16.7. The van der Waals surface area contributed by atoms with Gasteiger partial charge in [-0.25, -0.2) is 4.79 Å². The van der Waals surface area contributed by atoms with Crippen LogP contribution >= 0.6 is 0 Å². The fourth-order valence-electron chi connectivity index (χ4n) is 1.80. The maximum Gasteiger partial charge on any atom is 0.332 e. The standard InChI is InChI=1S/C11H19NO4/c1-14-10(13)8-9(11(15-2)16-3)12-6-4-5-7-12/h8,11H,4-7H2,1-3H3/b9-8+. The molecule has 1 fully saturated rings. The van der Waals surface area contributed by atoms with Crippen LogP contribution in [-0.4, -0.2) is 51.6 Å². The van der Waals surface area contributed by atoms with Crippen LogP contribution in [0, 0.1) is 0 Å². The van der Waals surface area contributed by atoms with Gasteiger partial charge in [-0.2, -0.15) is 0 Å². The van der Waals surface area contributed by atoms with E-state index in [0.717, 1.165) is 31.6 Å². The Morgan fingerprint density at radius 2 is 1.75 bits per heavy atom. The van der Waals surface area contributed by atoms with Crippen molar-refractivity contribution in [1.82, 2.24) is 4.90 Å². The van der Waals surface area contributed by atoms with Crippen molar-refractivity contribution >= 4 is 5.97 Å². The van der Waals surface area contributed by atoms with Gasteiger partial charge in [0, 0.05) is 33.4 Å². The highest BCUT2D eigenvalue weighted by Crippen LogP contribution is 2.19. The third-order valence-electron chi connectivity index (χ3n) is 2.61. The van der Waals surface area contributed by atoms with Crippen LogP contribution in [0.1, 0.15) is 12.8 Å². The number of methoxy groups -OCH3 is 3. The number of likely N-dealkylation sites (tertiary alicyclic amines) is 1. The molecule has 1 saturated heterocycles. The fourth-order valence-corrected chi connectivity index (χ4v) is 1.80. The second-order valence-electron chi connectivity index (χ2n) is 3.59. The molecule has 5 heteroatoms. The first-order valence-corrected chi connectivity index (χ1v) is 5.33. The first-order valence-electron chi connectivity index (χ1n) is 5.33. The zero-order chi connectivity index (χ0) is 12.0. The predicted molar refractivity (Wildman–Crippen MR) is 58.7 cm³/mol. The smallest absolute Gasteiger partial charge is 0.332 e. The molecule has 0 amide bonds. The molecule has 16 heavy (non-hydrogen) atoms. The van der Waals surface area contributed by atoms with E-state index in [1.807, 2.05) is 0 Å². The molecule has 0 aliphatic carbocycles. The van der Waals surface area contributed by atoms with Crippen molar-refractivity contribution in [2.45, 2.75) is 19.1 Å². The molecule has 5 nitrogen and oxygen atoms in total. The summed E-state index contributed by atoms with van der Waals surface area (Å²) < 4.78 is 15.0.